The van der Waals surface area contributed by atoms with E-state index >= 15 is 0 Å². The molecule has 16 heavy (non-hydrogen) atoms. The van der Waals surface area contributed by atoms with Gasteiger partial charge in [-0.2, -0.15) is 0 Å². The van der Waals surface area contributed by atoms with Crippen molar-refractivity contribution >= 4 is 9.84 Å². The van der Waals surface area contributed by atoms with Gasteiger partial charge in [0.15, 0.2) is 0 Å². The molecule has 0 aliphatic heterocycles. The van der Waals surface area contributed by atoms with E-state index < -0.39 is 15.4 Å². The van der Waals surface area contributed by atoms with Gasteiger partial charge < -0.3 is 5.73 Å². The van der Waals surface area contributed by atoms with Gasteiger partial charge in [-0.1, -0.05) is 5.21 Å². The van der Waals surface area contributed by atoms with Gasteiger partial charge in [-0.05, 0) is 20.3 Å². The van der Waals surface area contributed by atoms with Gasteiger partial charge in [-0.15, -0.1) is 5.10 Å². The number of aryl methyl sites for hydroxylation is 1. The Kier molecular flexibility index (Phi) is 3.69. The molecule has 6 nitrogen and oxygen atoms in total. The Bertz CT molecular complexity index is 444. The molecule has 0 unspecified atom stereocenters. The van der Waals surface area contributed by atoms with E-state index in [9.17, 15) is 8.42 Å². The minimum absolute atomic E-state index is 0.161. The van der Waals surface area contributed by atoms with Crippen molar-refractivity contribution in [2.45, 2.75) is 32.4 Å². The summed E-state index contributed by atoms with van der Waals surface area (Å²) in [6.45, 7) is 4.23. The predicted molar refractivity (Wildman–Crippen MR) is 61.6 cm³/mol. The molecule has 0 amide bonds. The number of aromatic nitrogens is 3. The summed E-state index contributed by atoms with van der Waals surface area (Å²) in [5, 5.41) is 7.84. The molecule has 2 N–H and O–H groups in total. The normalized spacial score (nSPS) is 13.0. The van der Waals surface area contributed by atoms with E-state index in [4.69, 9.17) is 5.73 Å². The summed E-state index contributed by atoms with van der Waals surface area (Å²) < 4.78 is 23.5. The fraction of sp³-hybridized carbons (Fsp3) is 0.778. The van der Waals surface area contributed by atoms with Crippen molar-refractivity contribution in [2.24, 2.45) is 5.73 Å². The quantitative estimate of drug-likeness (QED) is 0.783. The number of nitrogens with zero attached hydrogens (tertiary/aromatic N) is 3. The third-order valence-electron chi connectivity index (χ3n) is 2.10. The van der Waals surface area contributed by atoms with E-state index in [0.717, 1.165) is 0 Å². The molecule has 0 fully saturated rings. The van der Waals surface area contributed by atoms with Gasteiger partial charge in [-0.3, -0.25) is 4.68 Å². The first kappa shape index (κ1) is 13.1. The lowest BCUT2D eigenvalue weighted by atomic mass is 10.0. The van der Waals surface area contributed by atoms with Crippen LogP contribution < -0.4 is 5.73 Å². The molecule has 0 radical (unpaired) electrons. The topological polar surface area (TPSA) is 90.9 Å². The lowest BCUT2D eigenvalue weighted by Crippen LogP contribution is -2.29. The zero-order valence-electron chi connectivity index (χ0n) is 9.84. The third kappa shape index (κ3) is 4.28. The van der Waals surface area contributed by atoms with Crippen LogP contribution in [0.1, 0.15) is 26.0 Å². The predicted octanol–water partition coefficient (Wildman–Crippen LogP) is -0.0934. The highest BCUT2D eigenvalue weighted by molar-refractivity contribution is 7.90. The van der Waals surface area contributed by atoms with Crippen LogP contribution >= 0.6 is 0 Å². The highest BCUT2D eigenvalue weighted by Crippen LogP contribution is 2.12. The highest BCUT2D eigenvalue weighted by Gasteiger charge is 2.18. The Morgan fingerprint density at radius 1 is 1.50 bits per heavy atom. The summed E-state index contributed by atoms with van der Waals surface area (Å²) in [4.78, 5) is 0. The summed E-state index contributed by atoms with van der Waals surface area (Å²) in [6, 6.07) is 0. The largest absolute Gasteiger partial charge is 0.320 e. The van der Waals surface area contributed by atoms with Crippen LogP contribution in [0.3, 0.4) is 0 Å². The van der Waals surface area contributed by atoms with Crippen LogP contribution in [0, 0.1) is 0 Å². The summed E-state index contributed by atoms with van der Waals surface area (Å²) >= 11 is 0. The standard InChI is InChI=1S/C9H18N4O2S/c1-9(2,10)8-7-13(12-11-8)5-4-6-16(3,14)15/h7H,4-6,10H2,1-3H3. The molecule has 0 bridgehead atoms. The van der Waals surface area contributed by atoms with Crippen LogP contribution in [0.5, 0.6) is 0 Å². The Morgan fingerprint density at radius 2 is 2.12 bits per heavy atom. The summed E-state index contributed by atoms with van der Waals surface area (Å²) in [6.07, 6.45) is 3.51. The van der Waals surface area contributed by atoms with Gasteiger partial charge >= 0.3 is 0 Å². The van der Waals surface area contributed by atoms with E-state index in [2.05, 4.69) is 10.3 Å². The van der Waals surface area contributed by atoms with Crippen LogP contribution in [0.2, 0.25) is 0 Å². The number of rotatable bonds is 5. The van der Waals surface area contributed by atoms with Gasteiger partial charge in [0.1, 0.15) is 15.5 Å². The van der Waals surface area contributed by atoms with Crippen LogP contribution in [-0.4, -0.2) is 35.4 Å². The van der Waals surface area contributed by atoms with Crippen molar-refractivity contribution in [2.75, 3.05) is 12.0 Å². The summed E-state index contributed by atoms with van der Waals surface area (Å²) in [7, 11) is -2.90. The first-order valence-electron chi connectivity index (χ1n) is 5.06. The first-order valence-corrected chi connectivity index (χ1v) is 7.12. The zero-order chi connectivity index (χ0) is 12.4. The second kappa shape index (κ2) is 4.50. The molecular formula is C9H18N4O2S. The molecule has 0 spiro atoms. The second-order valence-corrected chi connectivity index (χ2v) is 6.83. The SMILES string of the molecule is CC(C)(N)c1cn(CCCS(C)(=O)=O)nn1. The smallest absolute Gasteiger partial charge is 0.147 e. The zero-order valence-corrected chi connectivity index (χ0v) is 10.7. The Hall–Kier alpha value is -0.950. The lowest BCUT2D eigenvalue weighted by molar-refractivity contribution is 0.533. The molecule has 0 aliphatic carbocycles. The molecule has 0 saturated carbocycles. The molecule has 1 heterocycles. The van der Waals surface area contributed by atoms with E-state index in [0.29, 0.717) is 18.7 Å². The lowest BCUT2D eigenvalue weighted by Gasteiger charge is -2.13. The molecule has 1 rings (SSSR count). The van der Waals surface area contributed by atoms with Crippen LogP contribution in [-0.2, 0) is 21.9 Å². The van der Waals surface area contributed by atoms with Gasteiger partial charge in [0.05, 0.1) is 17.5 Å². The molecule has 1 aromatic heterocycles. The number of nitrogens with two attached hydrogens (primary N) is 1. The molecular weight excluding hydrogens is 228 g/mol. The number of hydrogen-bond acceptors (Lipinski definition) is 5. The fourth-order valence-electron chi connectivity index (χ4n) is 1.19. The fourth-order valence-corrected chi connectivity index (χ4v) is 1.85. The molecule has 0 saturated heterocycles. The second-order valence-electron chi connectivity index (χ2n) is 4.57. The molecule has 7 heteroatoms. The van der Waals surface area contributed by atoms with Gasteiger partial charge in [0.25, 0.3) is 0 Å². The van der Waals surface area contributed by atoms with Crippen LogP contribution in [0.4, 0.5) is 0 Å². The number of sulfone groups is 1. The Morgan fingerprint density at radius 3 is 2.56 bits per heavy atom. The number of hydrogen-bond donors (Lipinski definition) is 1. The first-order chi connectivity index (χ1) is 7.18. The average Bonchev–Trinajstić information content (AvgIpc) is 2.49. The molecule has 1 aromatic rings. The van der Waals surface area contributed by atoms with E-state index in [1.807, 2.05) is 13.8 Å². The van der Waals surface area contributed by atoms with Gasteiger partial charge in [0, 0.05) is 12.8 Å². The molecule has 0 aromatic carbocycles. The minimum atomic E-state index is -2.90. The average molecular weight is 246 g/mol. The van der Waals surface area contributed by atoms with E-state index in [1.54, 1.807) is 10.9 Å². The molecule has 0 atom stereocenters. The molecule has 92 valence electrons. The Labute approximate surface area is 95.7 Å². The van der Waals surface area contributed by atoms with Crippen molar-refractivity contribution in [3.63, 3.8) is 0 Å². The highest BCUT2D eigenvalue weighted by atomic mass is 32.2. The van der Waals surface area contributed by atoms with Crippen LogP contribution in [0.15, 0.2) is 6.20 Å². The van der Waals surface area contributed by atoms with Crippen molar-refractivity contribution in [1.29, 1.82) is 0 Å². The molecule has 0 aliphatic rings. The van der Waals surface area contributed by atoms with E-state index in [-0.39, 0.29) is 5.75 Å². The van der Waals surface area contributed by atoms with Crippen molar-refractivity contribution < 1.29 is 8.42 Å². The van der Waals surface area contributed by atoms with Crippen molar-refractivity contribution in [1.82, 2.24) is 15.0 Å². The minimum Gasteiger partial charge on any atom is -0.320 e. The summed E-state index contributed by atoms with van der Waals surface area (Å²) in [5.74, 6) is 0.161. The van der Waals surface area contributed by atoms with Crippen LogP contribution in [0.25, 0.3) is 0 Å². The van der Waals surface area contributed by atoms with Crippen molar-refractivity contribution in [3.05, 3.63) is 11.9 Å². The Balaban J connectivity index is 2.54. The van der Waals surface area contributed by atoms with E-state index in [1.165, 1.54) is 6.26 Å². The maximum absolute atomic E-state index is 10.9. The third-order valence-corrected chi connectivity index (χ3v) is 3.13. The van der Waals surface area contributed by atoms with Gasteiger partial charge in [-0.25, -0.2) is 8.42 Å². The summed E-state index contributed by atoms with van der Waals surface area (Å²) in [5.41, 5.74) is 6.04. The maximum atomic E-state index is 10.9. The van der Waals surface area contributed by atoms with Gasteiger partial charge in [0.2, 0.25) is 0 Å². The monoisotopic (exact) mass is 246 g/mol. The van der Waals surface area contributed by atoms with Crippen molar-refractivity contribution in [3.8, 4) is 0 Å². The maximum Gasteiger partial charge on any atom is 0.147 e.